The fraction of sp³-hybridized carbons (Fsp3) is 0.800. The molecule has 1 aliphatic rings. The van der Waals surface area contributed by atoms with Crippen molar-refractivity contribution in [2.24, 2.45) is 0 Å². The maximum atomic E-state index is 13.4. The molecule has 0 radical (unpaired) electrons. The van der Waals surface area contributed by atoms with Crippen LogP contribution >= 0.6 is 0 Å². The van der Waals surface area contributed by atoms with Crippen LogP contribution in [0.3, 0.4) is 0 Å². The second-order valence-corrected chi connectivity index (χ2v) is 5.55. The number of halogens is 3. The molecule has 1 aliphatic heterocycles. The Bertz CT molecular complexity index is 309. The Morgan fingerprint density at radius 2 is 1.88 bits per heavy atom. The number of rotatable bonds is 3. The highest BCUT2D eigenvalue weighted by atomic mass is 32.2. The van der Waals surface area contributed by atoms with Crippen LogP contribution in [0.4, 0.5) is 13.2 Å². The van der Waals surface area contributed by atoms with Gasteiger partial charge in [0.1, 0.15) is 6.10 Å². The minimum atomic E-state index is -2.40. The molecule has 0 spiro atoms. The Morgan fingerprint density at radius 3 is 2.35 bits per heavy atom. The molecular weight excluding hydrogens is 257 g/mol. The highest BCUT2D eigenvalue weighted by molar-refractivity contribution is 7.97. The summed E-state index contributed by atoms with van der Waals surface area (Å²) in [6.07, 6.45) is -3.23. The summed E-state index contributed by atoms with van der Waals surface area (Å²) in [6, 6.07) is 0. The lowest BCUT2D eigenvalue weighted by Crippen LogP contribution is -2.53. The van der Waals surface area contributed by atoms with E-state index in [4.69, 9.17) is 13.7 Å². The van der Waals surface area contributed by atoms with E-state index in [0.29, 0.717) is 0 Å². The lowest BCUT2D eigenvalue weighted by molar-refractivity contribution is -0.218. The summed E-state index contributed by atoms with van der Waals surface area (Å²) in [5, 5.41) is -3.12. The van der Waals surface area contributed by atoms with Crippen molar-refractivity contribution in [3.8, 4) is 0 Å². The molecular formula is C10H16F3O3S+. The van der Waals surface area contributed by atoms with Crippen LogP contribution in [0.1, 0.15) is 27.7 Å². The summed E-state index contributed by atoms with van der Waals surface area (Å²) in [5.41, 5.74) is 0. The molecule has 0 aromatic carbocycles. The van der Waals surface area contributed by atoms with Crippen molar-refractivity contribution in [2.75, 3.05) is 6.61 Å². The van der Waals surface area contributed by atoms with Gasteiger partial charge in [-0.05, 0) is 20.8 Å². The van der Waals surface area contributed by atoms with E-state index >= 15 is 0 Å². The van der Waals surface area contributed by atoms with Gasteiger partial charge >= 0.3 is 16.4 Å². The second-order valence-electron chi connectivity index (χ2n) is 3.72. The lowest BCUT2D eigenvalue weighted by Gasteiger charge is -2.35. The molecule has 0 N–H and O–H groups in total. The molecule has 1 saturated heterocycles. The van der Waals surface area contributed by atoms with Crippen LogP contribution < -0.4 is 0 Å². The van der Waals surface area contributed by atoms with Gasteiger partial charge in [-0.15, -0.1) is 4.39 Å². The molecule has 0 saturated carbocycles. The predicted octanol–water partition coefficient (Wildman–Crippen LogP) is 3.09. The predicted molar refractivity (Wildman–Crippen MR) is 58.8 cm³/mol. The summed E-state index contributed by atoms with van der Waals surface area (Å²) < 4.78 is 54.0. The van der Waals surface area contributed by atoms with Gasteiger partial charge in [0, 0.05) is 6.92 Å². The van der Waals surface area contributed by atoms with Gasteiger partial charge in [0.15, 0.2) is 0 Å². The Hall–Kier alpha value is -0.240. The van der Waals surface area contributed by atoms with E-state index in [-0.39, 0.29) is 12.7 Å². The molecule has 1 heterocycles. The minimum Gasteiger partial charge on any atom is -0.306 e. The normalized spacial score (nSPS) is 37.9. The molecule has 0 aromatic heterocycles. The Balaban J connectivity index is 3.01. The van der Waals surface area contributed by atoms with Crippen LogP contribution in [-0.4, -0.2) is 23.9 Å². The topological polar surface area (TPSA) is 27.7 Å². The largest absolute Gasteiger partial charge is 0.407 e. The monoisotopic (exact) mass is 273 g/mol. The number of hydrogen-bond donors (Lipinski definition) is 0. The third-order valence-corrected chi connectivity index (χ3v) is 4.23. The summed E-state index contributed by atoms with van der Waals surface area (Å²) in [6.45, 7) is 6.65. The first-order valence-electron chi connectivity index (χ1n) is 5.26. The van der Waals surface area contributed by atoms with Crippen LogP contribution in [0, 0.1) is 0 Å². The van der Waals surface area contributed by atoms with Crippen molar-refractivity contribution in [1.82, 2.24) is 0 Å². The smallest absolute Gasteiger partial charge is 0.306 e. The first kappa shape index (κ1) is 14.8. The molecule has 3 unspecified atom stereocenters. The average molecular weight is 273 g/mol. The molecule has 17 heavy (non-hydrogen) atoms. The highest BCUT2D eigenvalue weighted by Gasteiger charge is 2.60. The quantitative estimate of drug-likeness (QED) is 0.740. The van der Waals surface area contributed by atoms with Crippen molar-refractivity contribution in [2.45, 2.75) is 45.0 Å². The standard InChI is InChI=1S/C10H16F3O3S/c1-5-14-10(4)15-6(2)7(3)16-17(10)9(13)8(11)12/h6-7H,5H2,1-4H3/q+1/t6?,7?,10-,17?/m0/s1. The fourth-order valence-electron chi connectivity index (χ4n) is 1.42. The molecule has 1 rings (SSSR count). The van der Waals surface area contributed by atoms with Gasteiger partial charge in [0.2, 0.25) is 0 Å². The maximum Gasteiger partial charge on any atom is 0.407 e. The molecule has 1 fully saturated rings. The van der Waals surface area contributed by atoms with Gasteiger partial charge in [-0.25, -0.2) is 0 Å². The van der Waals surface area contributed by atoms with Gasteiger partial charge in [-0.1, -0.05) is 0 Å². The van der Waals surface area contributed by atoms with Crippen LogP contribution in [0.2, 0.25) is 0 Å². The number of ether oxygens (including phenoxy) is 2. The van der Waals surface area contributed by atoms with E-state index in [1.807, 2.05) is 0 Å². The van der Waals surface area contributed by atoms with Gasteiger partial charge in [-0.3, -0.25) is 4.74 Å². The zero-order chi connectivity index (χ0) is 13.2. The van der Waals surface area contributed by atoms with Gasteiger partial charge in [0.25, 0.3) is 11.2 Å². The molecule has 100 valence electrons. The summed E-state index contributed by atoms with van der Waals surface area (Å²) in [7, 11) is 0. The van der Waals surface area contributed by atoms with E-state index < -0.39 is 33.6 Å². The average Bonchev–Trinajstić information content (AvgIpc) is 2.22. The van der Waals surface area contributed by atoms with E-state index in [0.717, 1.165) is 0 Å². The molecule has 0 aliphatic carbocycles. The molecule has 0 amide bonds. The van der Waals surface area contributed by atoms with Crippen LogP contribution in [0.5, 0.6) is 0 Å². The zero-order valence-corrected chi connectivity index (χ0v) is 10.9. The van der Waals surface area contributed by atoms with Crippen LogP contribution in [0.25, 0.3) is 0 Å². The highest BCUT2D eigenvalue weighted by Crippen LogP contribution is 2.40. The van der Waals surface area contributed by atoms with E-state index in [2.05, 4.69) is 0 Å². The summed E-state index contributed by atoms with van der Waals surface area (Å²) in [5.74, 6) is 0. The zero-order valence-electron chi connectivity index (χ0n) is 10.1. The van der Waals surface area contributed by atoms with Gasteiger partial charge < -0.3 is 4.74 Å². The molecule has 4 atom stereocenters. The number of hydrogen-bond acceptors (Lipinski definition) is 3. The first-order valence-corrected chi connectivity index (χ1v) is 6.41. The van der Waals surface area contributed by atoms with E-state index in [1.54, 1.807) is 20.8 Å². The Labute approximate surface area is 101 Å². The summed E-state index contributed by atoms with van der Waals surface area (Å²) >= 11 is -1.86. The van der Waals surface area contributed by atoms with Crippen molar-refractivity contribution in [3.05, 3.63) is 11.2 Å². The van der Waals surface area contributed by atoms with Crippen molar-refractivity contribution >= 4 is 11.2 Å². The second kappa shape index (κ2) is 5.60. The Kier molecular flexibility index (Phi) is 4.88. The molecule has 0 bridgehead atoms. The van der Waals surface area contributed by atoms with Crippen molar-refractivity contribution in [1.29, 1.82) is 0 Å². The minimum absolute atomic E-state index is 0.214. The fourth-order valence-corrected chi connectivity index (χ4v) is 3.07. The SMILES string of the molecule is CCO[C@@]1(C)OC(C)C(C)O[S+]1C(F)=C(F)F. The molecule has 7 heteroatoms. The van der Waals surface area contributed by atoms with Crippen molar-refractivity contribution in [3.63, 3.8) is 0 Å². The molecule has 3 nitrogen and oxygen atoms in total. The van der Waals surface area contributed by atoms with Crippen molar-refractivity contribution < 1.29 is 26.8 Å². The van der Waals surface area contributed by atoms with Gasteiger partial charge in [0.05, 0.1) is 12.7 Å². The maximum absolute atomic E-state index is 13.4. The summed E-state index contributed by atoms with van der Waals surface area (Å²) in [4.78, 5) is 0. The first-order chi connectivity index (χ1) is 7.81. The van der Waals surface area contributed by atoms with Crippen LogP contribution in [0.15, 0.2) is 11.2 Å². The third-order valence-electron chi connectivity index (χ3n) is 2.36. The third kappa shape index (κ3) is 3.15. The lowest BCUT2D eigenvalue weighted by atomic mass is 10.2. The molecule has 0 aromatic rings. The van der Waals surface area contributed by atoms with E-state index in [1.165, 1.54) is 6.92 Å². The van der Waals surface area contributed by atoms with Gasteiger partial charge in [-0.2, -0.15) is 13.0 Å². The Morgan fingerprint density at radius 1 is 1.29 bits per heavy atom. The van der Waals surface area contributed by atoms with E-state index in [9.17, 15) is 13.2 Å². The van der Waals surface area contributed by atoms with Crippen LogP contribution in [-0.2, 0) is 24.8 Å².